The molecule has 0 fully saturated rings. The van der Waals surface area contributed by atoms with Gasteiger partial charge in [0.2, 0.25) is 0 Å². The van der Waals surface area contributed by atoms with Crippen molar-refractivity contribution in [1.82, 2.24) is 10.6 Å². The number of carbonyl (C=O) groups excluding carboxylic acids is 2. The lowest BCUT2D eigenvalue weighted by Gasteiger charge is -2.08. The van der Waals surface area contributed by atoms with Crippen molar-refractivity contribution in [3.8, 4) is 6.07 Å². The first-order chi connectivity index (χ1) is 13.9. The highest BCUT2D eigenvalue weighted by Gasteiger charge is 2.27. The molecule has 1 aliphatic rings. The summed E-state index contributed by atoms with van der Waals surface area (Å²) in [6.45, 7) is 4.33. The van der Waals surface area contributed by atoms with Gasteiger partial charge < -0.3 is 10.6 Å². The van der Waals surface area contributed by atoms with Crippen LogP contribution in [0.1, 0.15) is 35.3 Å². The van der Waals surface area contributed by atoms with Crippen LogP contribution in [-0.4, -0.2) is 24.2 Å². The lowest BCUT2D eigenvalue weighted by atomic mass is 10.0. The fourth-order valence-electron chi connectivity index (χ4n) is 2.79. The summed E-state index contributed by atoms with van der Waals surface area (Å²) in [5.74, 6) is -0.965. The van der Waals surface area contributed by atoms with Crippen molar-refractivity contribution in [1.29, 1.82) is 5.26 Å². The first kappa shape index (κ1) is 20.0. The molecule has 1 aliphatic heterocycles. The number of aliphatic imine (C=N–C) groups is 1. The van der Waals surface area contributed by atoms with E-state index < -0.39 is 17.6 Å². The van der Waals surface area contributed by atoms with Crippen LogP contribution in [0.4, 0.5) is 4.39 Å². The third-order valence-electron chi connectivity index (χ3n) is 4.25. The maximum Gasteiger partial charge on any atom is 0.264 e. The van der Waals surface area contributed by atoms with Gasteiger partial charge in [-0.15, -0.1) is 0 Å². The molecule has 0 bridgehead atoms. The standard InChI is InChI=1S/C22H19FN4O2/c1-13(2)12-25-22(29)18(11-24)19-16-5-3-4-6-17(16)20(26-19)27-21(28)14-7-9-15(23)10-8-14/h3-10,13H,12H2,1-2H3,(H,25,29)(H,26,27,28)/b19-18-. The Kier molecular flexibility index (Phi) is 5.84. The highest BCUT2D eigenvalue weighted by atomic mass is 19.1. The smallest absolute Gasteiger partial charge is 0.264 e. The number of nitriles is 1. The molecule has 6 nitrogen and oxygen atoms in total. The molecule has 0 aliphatic carbocycles. The van der Waals surface area contributed by atoms with Crippen molar-refractivity contribution in [3.05, 3.63) is 76.6 Å². The Morgan fingerprint density at radius 1 is 1.10 bits per heavy atom. The van der Waals surface area contributed by atoms with Crippen LogP contribution < -0.4 is 10.6 Å². The molecule has 0 aromatic heterocycles. The molecule has 2 aromatic carbocycles. The van der Waals surface area contributed by atoms with Gasteiger partial charge in [-0.1, -0.05) is 38.1 Å². The molecule has 29 heavy (non-hydrogen) atoms. The average molecular weight is 390 g/mol. The van der Waals surface area contributed by atoms with E-state index in [9.17, 15) is 19.2 Å². The van der Waals surface area contributed by atoms with Crippen LogP contribution in [-0.2, 0) is 4.79 Å². The number of hydrogen-bond donors (Lipinski definition) is 2. The fraction of sp³-hybridized carbons (Fsp3) is 0.182. The number of amidine groups is 1. The van der Waals surface area contributed by atoms with E-state index in [-0.39, 0.29) is 28.6 Å². The molecule has 2 amide bonds. The molecule has 7 heteroatoms. The van der Waals surface area contributed by atoms with E-state index in [1.165, 1.54) is 24.3 Å². The van der Waals surface area contributed by atoms with Gasteiger partial charge in [-0.05, 0) is 30.2 Å². The Morgan fingerprint density at radius 3 is 2.38 bits per heavy atom. The van der Waals surface area contributed by atoms with E-state index in [1.807, 2.05) is 19.9 Å². The van der Waals surface area contributed by atoms with Crippen molar-refractivity contribution < 1.29 is 14.0 Å². The van der Waals surface area contributed by atoms with Crippen LogP contribution in [0.25, 0.3) is 5.70 Å². The van der Waals surface area contributed by atoms with E-state index in [0.29, 0.717) is 17.7 Å². The van der Waals surface area contributed by atoms with Crippen molar-refractivity contribution in [2.45, 2.75) is 13.8 Å². The van der Waals surface area contributed by atoms with E-state index >= 15 is 0 Å². The van der Waals surface area contributed by atoms with Gasteiger partial charge in [0.15, 0.2) is 0 Å². The zero-order valence-corrected chi connectivity index (χ0v) is 16.0. The molecule has 0 saturated heterocycles. The van der Waals surface area contributed by atoms with Crippen molar-refractivity contribution in [2.75, 3.05) is 6.54 Å². The Hall–Kier alpha value is -3.79. The number of halogens is 1. The normalized spacial score (nSPS) is 14.0. The fourth-order valence-corrected chi connectivity index (χ4v) is 2.79. The second-order valence-corrected chi connectivity index (χ2v) is 6.91. The van der Waals surface area contributed by atoms with Gasteiger partial charge >= 0.3 is 0 Å². The number of benzene rings is 2. The highest BCUT2D eigenvalue weighted by molar-refractivity contribution is 6.20. The molecule has 0 radical (unpaired) electrons. The third kappa shape index (κ3) is 4.38. The number of nitrogens with zero attached hydrogens (tertiary/aromatic N) is 2. The summed E-state index contributed by atoms with van der Waals surface area (Å²) >= 11 is 0. The lowest BCUT2D eigenvalue weighted by molar-refractivity contribution is -0.117. The number of rotatable bonds is 4. The molecule has 0 saturated carbocycles. The Labute approximate surface area is 167 Å². The molecule has 2 aromatic rings. The number of hydrogen-bond acceptors (Lipinski definition) is 4. The maximum absolute atomic E-state index is 13.1. The Morgan fingerprint density at radius 2 is 1.76 bits per heavy atom. The van der Waals surface area contributed by atoms with Crippen molar-refractivity contribution >= 4 is 23.3 Å². The van der Waals surface area contributed by atoms with E-state index in [4.69, 9.17) is 0 Å². The first-order valence-corrected chi connectivity index (χ1v) is 9.08. The molecule has 146 valence electrons. The zero-order valence-electron chi connectivity index (χ0n) is 16.0. The van der Waals surface area contributed by atoms with Gasteiger partial charge in [0, 0.05) is 23.2 Å². The zero-order chi connectivity index (χ0) is 21.0. The first-order valence-electron chi connectivity index (χ1n) is 9.08. The summed E-state index contributed by atoms with van der Waals surface area (Å²) in [7, 11) is 0. The van der Waals surface area contributed by atoms with Gasteiger partial charge in [-0.2, -0.15) is 5.26 Å². The Bertz CT molecular complexity index is 1060. The summed E-state index contributed by atoms with van der Waals surface area (Å²) < 4.78 is 13.1. The minimum Gasteiger partial charge on any atom is -0.351 e. The summed E-state index contributed by atoms with van der Waals surface area (Å²) in [6, 6.07) is 14.0. The minimum atomic E-state index is -0.513. The maximum atomic E-state index is 13.1. The van der Waals surface area contributed by atoms with Crippen LogP contribution in [0, 0.1) is 23.1 Å². The summed E-state index contributed by atoms with van der Waals surface area (Å²) in [5.41, 5.74) is 1.53. The van der Waals surface area contributed by atoms with Crippen LogP contribution in [0.15, 0.2) is 59.1 Å². The summed E-state index contributed by atoms with van der Waals surface area (Å²) in [5, 5.41) is 15.0. The van der Waals surface area contributed by atoms with E-state index in [2.05, 4.69) is 15.6 Å². The van der Waals surface area contributed by atoms with E-state index in [1.54, 1.807) is 24.3 Å². The molecule has 1 heterocycles. The lowest BCUT2D eigenvalue weighted by Crippen LogP contribution is -2.30. The van der Waals surface area contributed by atoms with E-state index in [0.717, 1.165) is 0 Å². The monoisotopic (exact) mass is 390 g/mol. The molecule has 0 atom stereocenters. The second kappa shape index (κ2) is 8.48. The number of amides is 2. The summed E-state index contributed by atoms with van der Waals surface area (Å²) in [4.78, 5) is 29.3. The van der Waals surface area contributed by atoms with Crippen LogP contribution >= 0.6 is 0 Å². The molecule has 3 rings (SSSR count). The van der Waals surface area contributed by atoms with Crippen LogP contribution in [0.5, 0.6) is 0 Å². The topological polar surface area (TPSA) is 94.3 Å². The molecule has 0 unspecified atom stereocenters. The van der Waals surface area contributed by atoms with Gasteiger partial charge in [-0.3, -0.25) is 9.59 Å². The predicted molar refractivity (Wildman–Crippen MR) is 107 cm³/mol. The van der Waals surface area contributed by atoms with Gasteiger partial charge in [0.05, 0.1) is 5.70 Å². The molecule has 0 spiro atoms. The second-order valence-electron chi connectivity index (χ2n) is 6.91. The quantitative estimate of drug-likeness (QED) is 0.621. The largest absolute Gasteiger partial charge is 0.351 e. The van der Waals surface area contributed by atoms with Crippen LogP contribution in [0.3, 0.4) is 0 Å². The van der Waals surface area contributed by atoms with Crippen molar-refractivity contribution in [2.24, 2.45) is 10.9 Å². The Balaban J connectivity index is 1.96. The highest BCUT2D eigenvalue weighted by Crippen LogP contribution is 2.30. The molecular formula is C22H19FN4O2. The summed E-state index contributed by atoms with van der Waals surface area (Å²) in [6.07, 6.45) is 0. The van der Waals surface area contributed by atoms with Gasteiger partial charge in [0.1, 0.15) is 23.3 Å². The molecule has 2 N–H and O–H groups in total. The van der Waals surface area contributed by atoms with Crippen LogP contribution in [0.2, 0.25) is 0 Å². The minimum absolute atomic E-state index is 0.121. The number of carbonyl (C=O) groups is 2. The molecular weight excluding hydrogens is 371 g/mol. The third-order valence-corrected chi connectivity index (χ3v) is 4.25. The average Bonchev–Trinajstić information content (AvgIpc) is 3.06. The van der Waals surface area contributed by atoms with Gasteiger partial charge in [-0.25, -0.2) is 9.38 Å². The number of fused-ring (bicyclic) bond motifs is 1. The number of nitrogens with one attached hydrogen (secondary N) is 2. The predicted octanol–water partition coefficient (Wildman–Crippen LogP) is 3.02. The SMILES string of the molecule is CC(C)CNC(=O)/C(C#N)=C1\N=C(NC(=O)c2ccc(F)cc2)c2ccccc21. The van der Waals surface area contributed by atoms with Crippen molar-refractivity contribution in [3.63, 3.8) is 0 Å². The van der Waals surface area contributed by atoms with Gasteiger partial charge in [0.25, 0.3) is 11.8 Å².